The highest BCUT2D eigenvalue weighted by Crippen LogP contribution is 2.17. The molecule has 0 spiro atoms. The molecule has 0 aromatic rings. The summed E-state index contributed by atoms with van der Waals surface area (Å²) >= 11 is 0. The first-order valence-corrected chi connectivity index (χ1v) is 4.77. The molecule has 1 aliphatic rings. The number of hydrogen-bond acceptors (Lipinski definition) is 3. The number of aliphatic carboxylic acids is 1. The molecule has 1 aliphatic heterocycles. The lowest BCUT2D eigenvalue weighted by Gasteiger charge is -2.14. The van der Waals surface area contributed by atoms with E-state index < -0.39 is 5.97 Å². The van der Waals surface area contributed by atoms with Crippen LogP contribution in [0.5, 0.6) is 0 Å². The van der Waals surface area contributed by atoms with Gasteiger partial charge in [-0.05, 0) is 25.7 Å². The average Bonchev–Trinajstić information content (AvgIpc) is 2.53. The predicted molar refractivity (Wildman–Crippen MR) is 48.4 cm³/mol. The SMILES string of the molecule is NC(CCC(=O)O)CC1CCCO1. The van der Waals surface area contributed by atoms with Crippen molar-refractivity contribution in [1.82, 2.24) is 0 Å². The Morgan fingerprint density at radius 2 is 2.46 bits per heavy atom. The maximum Gasteiger partial charge on any atom is 0.303 e. The minimum absolute atomic E-state index is 0.0285. The minimum atomic E-state index is -0.775. The smallest absolute Gasteiger partial charge is 0.303 e. The predicted octanol–water partition coefficient (Wildman–Crippen LogP) is 0.748. The number of carbonyl (C=O) groups is 1. The van der Waals surface area contributed by atoms with Gasteiger partial charge in [0.2, 0.25) is 0 Å². The number of ether oxygens (including phenoxy) is 1. The first-order valence-electron chi connectivity index (χ1n) is 4.77. The highest BCUT2D eigenvalue weighted by molar-refractivity contribution is 5.66. The first-order chi connectivity index (χ1) is 6.18. The van der Waals surface area contributed by atoms with Gasteiger partial charge in [0.25, 0.3) is 0 Å². The van der Waals surface area contributed by atoms with Crippen LogP contribution in [0.4, 0.5) is 0 Å². The lowest BCUT2D eigenvalue weighted by molar-refractivity contribution is -0.137. The number of hydrogen-bond donors (Lipinski definition) is 2. The lowest BCUT2D eigenvalue weighted by atomic mass is 10.0. The van der Waals surface area contributed by atoms with Gasteiger partial charge in [-0.15, -0.1) is 0 Å². The molecule has 0 radical (unpaired) electrons. The molecule has 0 aromatic heterocycles. The Morgan fingerprint density at radius 3 is 3.00 bits per heavy atom. The van der Waals surface area contributed by atoms with Gasteiger partial charge in [0, 0.05) is 19.1 Å². The Hall–Kier alpha value is -0.610. The molecule has 4 heteroatoms. The summed E-state index contributed by atoms with van der Waals surface area (Å²) in [6.45, 7) is 0.830. The Labute approximate surface area is 78.1 Å². The second-order valence-corrected chi connectivity index (χ2v) is 3.56. The number of rotatable bonds is 5. The van der Waals surface area contributed by atoms with Crippen molar-refractivity contribution in [2.24, 2.45) is 5.73 Å². The van der Waals surface area contributed by atoms with Crippen molar-refractivity contribution in [2.45, 2.75) is 44.2 Å². The van der Waals surface area contributed by atoms with E-state index in [-0.39, 0.29) is 18.6 Å². The summed E-state index contributed by atoms with van der Waals surface area (Å²) in [4.78, 5) is 10.3. The highest BCUT2D eigenvalue weighted by atomic mass is 16.5. The van der Waals surface area contributed by atoms with Gasteiger partial charge in [-0.1, -0.05) is 0 Å². The molecular weight excluding hydrogens is 170 g/mol. The van der Waals surface area contributed by atoms with Gasteiger partial charge in [0.05, 0.1) is 6.10 Å². The molecule has 13 heavy (non-hydrogen) atoms. The number of nitrogens with two attached hydrogens (primary N) is 1. The van der Waals surface area contributed by atoms with Gasteiger partial charge < -0.3 is 15.6 Å². The molecule has 2 unspecified atom stereocenters. The zero-order valence-electron chi connectivity index (χ0n) is 7.74. The Morgan fingerprint density at radius 1 is 1.69 bits per heavy atom. The van der Waals surface area contributed by atoms with Gasteiger partial charge in [-0.25, -0.2) is 0 Å². The molecule has 0 amide bonds. The van der Waals surface area contributed by atoms with E-state index in [2.05, 4.69) is 0 Å². The maximum atomic E-state index is 10.3. The third-order valence-corrected chi connectivity index (χ3v) is 2.32. The van der Waals surface area contributed by atoms with Crippen molar-refractivity contribution < 1.29 is 14.6 Å². The zero-order valence-corrected chi connectivity index (χ0v) is 7.74. The quantitative estimate of drug-likeness (QED) is 0.666. The third kappa shape index (κ3) is 4.24. The number of carboxylic acids is 1. The molecule has 0 aromatic carbocycles. The average molecular weight is 187 g/mol. The minimum Gasteiger partial charge on any atom is -0.481 e. The fraction of sp³-hybridized carbons (Fsp3) is 0.889. The van der Waals surface area contributed by atoms with Crippen LogP contribution in [0.1, 0.15) is 32.1 Å². The van der Waals surface area contributed by atoms with Crippen LogP contribution in [0.15, 0.2) is 0 Å². The van der Waals surface area contributed by atoms with Crippen LogP contribution in [0.25, 0.3) is 0 Å². The van der Waals surface area contributed by atoms with Crippen LogP contribution < -0.4 is 5.73 Å². The van der Waals surface area contributed by atoms with E-state index in [0.717, 1.165) is 25.9 Å². The fourth-order valence-electron chi connectivity index (χ4n) is 1.59. The molecule has 76 valence electrons. The molecule has 2 atom stereocenters. The van der Waals surface area contributed by atoms with Gasteiger partial charge >= 0.3 is 5.97 Å². The van der Waals surface area contributed by atoms with Gasteiger partial charge in [-0.3, -0.25) is 4.79 Å². The van der Waals surface area contributed by atoms with Crippen molar-refractivity contribution in [3.63, 3.8) is 0 Å². The van der Waals surface area contributed by atoms with E-state index in [4.69, 9.17) is 15.6 Å². The molecule has 0 aliphatic carbocycles. The molecule has 3 N–H and O–H groups in total. The van der Waals surface area contributed by atoms with Gasteiger partial charge in [-0.2, -0.15) is 0 Å². The van der Waals surface area contributed by atoms with E-state index in [1.54, 1.807) is 0 Å². The molecule has 1 rings (SSSR count). The molecule has 1 fully saturated rings. The summed E-state index contributed by atoms with van der Waals surface area (Å²) in [5.74, 6) is -0.775. The Bertz CT molecular complexity index is 166. The van der Waals surface area contributed by atoms with E-state index in [1.807, 2.05) is 0 Å². The molecule has 4 nitrogen and oxygen atoms in total. The maximum absolute atomic E-state index is 10.3. The van der Waals surface area contributed by atoms with Crippen molar-refractivity contribution in [1.29, 1.82) is 0 Å². The third-order valence-electron chi connectivity index (χ3n) is 2.32. The Balaban J connectivity index is 2.09. The van der Waals surface area contributed by atoms with Crippen LogP contribution >= 0.6 is 0 Å². The van der Waals surface area contributed by atoms with E-state index in [0.29, 0.717) is 6.42 Å². The largest absolute Gasteiger partial charge is 0.481 e. The molecule has 0 bridgehead atoms. The fourth-order valence-corrected chi connectivity index (χ4v) is 1.59. The first kappa shape index (κ1) is 10.5. The summed E-state index contributed by atoms with van der Waals surface area (Å²) in [5, 5.41) is 8.44. The van der Waals surface area contributed by atoms with Crippen LogP contribution in [0, 0.1) is 0 Å². The topological polar surface area (TPSA) is 72.6 Å². The van der Waals surface area contributed by atoms with Gasteiger partial charge in [0.15, 0.2) is 0 Å². The van der Waals surface area contributed by atoms with Crippen LogP contribution in [-0.2, 0) is 9.53 Å². The Kier molecular flexibility index (Phi) is 4.18. The molecule has 1 heterocycles. The van der Waals surface area contributed by atoms with Crippen LogP contribution in [0.3, 0.4) is 0 Å². The normalized spacial score (nSPS) is 24.5. The molecular formula is C9H17NO3. The van der Waals surface area contributed by atoms with Crippen LogP contribution in [-0.4, -0.2) is 29.8 Å². The van der Waals surface area contributed by atoms with Crippen LogP contribution in [0.2, 0.25) is 0 Å². The summed E-state index contributed by atoms with van der Waals surface area (Å²) < 4.78 is 5.40. The molecule has 1 saturated heterocycles. The molecule has 0 saturated carbocycles. The zero-order chi connectivity index (χ0) is 9.68. The van der Waals surface area contributed by atoms with Gasteiger partial charge in [0.1, 0.15) is 0 Å². The summed E-state index contributed by atoms with van der Waals surface area (Å²) in [6.07, 6.45) is 3.96. The van der Waals surface area contributed by atoms with E-state index in [9.17, 15) is 4.79 Å². The second-order valence-electron chi connectivity index (χ2n) is 3.56. The van der Waals surface area contributed by atoms with Crippen molar-refractivity contribution in [2.75, 3.05) is 6.61 Å². The standard InChI is InChI=1S/C9H17NO3/c10-7(3-4-9(11)12)6-8-2-1-5-13-8/h7-8H,1-6,10H2,(H,11,12). The van der Waals surface area contributed by atoms with Crippen molar-refractivity contribution in [3.05, 3.63) is 0 Å². The summed E-state index contributed by atoms with van der Waals surface area (Å²) in [5.41, 5.74) is 5.76. The van der Waals surface area contributed by atoms with E-state index in [1.165, 1.54) is 0 Å². The lowest BCUT2D eigenvalue weighted by Crippen LogP contribution is -2.26. The van der Waals surface area contributed by atoms with Crippen molar-refractivity contribution >= 4 is 5.97 Å². The summed E-state index contributed by atoms with van der Waals surface area (Å²) in [7, 11) is 0. The van der Waals surface area contributed by atoms with E-state index >= 15 is 0 Å². The van der Waals surface area contributed by atoms with Crippen molar-refractivity contribution in [3.8, 4) is 0 Å². The second kappa shape index (κ2) is 5.19. The monoisotopic (exact) mass is 187 g/mol. The summed E-state index contributed by atoms with van der Waals surface area (Å²) in [6, 6.07) is -0.0285. The number of carboxylic acid groups (broad SMARTS) is 1. The highest BCUT2D eigenvalue weighted by Gasteiger charge is 2.18.